The van der Waals surface area contributed by atoms with E-state index in [-0.39, 0.29) is 13.4 Å². The van der Waals surface area contributed by atoms with Gasteiger partial charge in [0.15, 0.2) is 0 Å². The molecule has 334 valence electrons. The molecular weight excluding hydrogens is 874 g/mol. The van der Waals surface area contributed by atoms with Crippen molar-refractivity contribution in [3.8, 4) is 56.0 Å². The first-order valence-corrected chi connectivity index (χ1v) is 25.0. The summed E-state index contributed by atoms with van der Waals surface area (Å²) in [5, 5.41) is 7.81. The van der Waals surface area contributed by atoms with Gasteiger partial charge in [-0.2, -0.15) is 0 Å². The van der Waals surface area contributed by atoms with Crippen molar-refractivity contribution in [3.63, 3.8) is 0 Å². The van der Waals surface area contributed by atoms with Gasteiger partial charge in [-0.25, -0.2) is 0 Å². The number of rotatable bonds is 6. The highest BCUT2D eigenvalue weighted by atomic mass is 16.5. The molecule has 4 aliphatic heterocycles. The van der Waals surface area contributed by atoms with Crippen LogP contribution in [0.5, 0.6) is 11.5 Å². The van der Waals surface area contributed by atoms with E-state index in [9.17, 15) is 0 Å². The van der Waals surface area contributed by atoms with Gasteiger partial charge in [0.25, 0.3) is 0 Å². The maximum absolute atomic E-state index is 6.30. The van der Waals surface area contributed by atoms with Crippen molar-refractivity contribution in [2.75, 3.05) is 24.0 Å². The minimum atomic E-state index is -0.0452. The fraction of sp³-hybridized carbons (Fsp3) is 0.0303. The molecular formula is C66H42B2N2O2. The number of hydrogen-bond donors (Lipinski definition) is 0. The van der Waals surface area contributed by atoms with Crippen molar-refractivity contribution in [2.24, 2.45) is 0 Å². The molecule has 0 N–H and O–H groups in total. The summed E-state index contributed by atoms with van der Waals surface area (Å²) in [6, 6.07) is 81.3. The van der Waals surface area contributed by atoms with Gasteiger partial charge in [-0.15, -0.1) is 0 Å². The molecule has 0 aromatic heterocycles. The van der Waals surface area contributed by atoms with Crippen LogP contribution in [0.1, 0.15) is 0 Å². The third-order valence-electron chi connectivity index (χ3n) is 16.3. The Kier molecular flexibility index (Phi) is 8.17. The second kappa shape index (κ2) is 14.8. The van der Waals surface area contributed by atoms with E-state index in [1.807, 2.05) is 0 Å². The number of benzene rings is 12. The second-order valence-electron chi connectivity index (χ2n) is 19.7. The van der Waals surface area contributed by atoms with Gasteiger partial charge in [0.2, 0.25) is 13.4 Å². The lowest BCUT2D eigenvalue weighted by molar-refractivity contribution is 0.415. The molecule has 0 bridgehead atoms. The smallest absolute Gasteiger partial charge is 0.248 e. The third kappa shape index (κ3) is 5.23. The molecule has 12 aromatic carbocycles. The summed E-state index contributed by atoms with van der Waals surface area (Å²) in [7, 11) is 3.60. The predicted molar refractivity (Wildman–Crippen MR) is 304 cm³/mol. The lowest BCUT2D eigenvalue weighted by Crippen LogP contribution is -2.60. The van der Waals surface area contributed by atoms with Gasteiger partial charge in [-0.3, -0.25) is 0 Å². The van der Waals surface area contributed by atoms with E-state index in [4.69, 9.17) is 9.47 Å². The molecule has 0 saturated carbocycles. The van der Waals surface area contributed by atoms with Crippen LogP contribution in [0.2, 0.25) is 0 Å². The Labute approximate surface area is 418 Å². The van der Waals surface area contributed by atoms with Crippen molar-refractivity contribution in [2.45, 2.75) is 0 Å². The van der Waals surface area contributed by atoms with E-state index < -0.39 is 0 Å². The number of methoxy groups -OCH3 is 2. The molecule has 0 unspecified atom stereocenters. The second-order valence-corrected chi connectivity index (χ2v) is 19.7. The van der Waals surface area contributed by atoms with Gasteiger partial charge in [-0.05, 0) is 159 Å². The Morgan fingerprint density at radius 1 is 0.306 bits per heavy atom. The van der Waals surface area contributed by atoms with Crippen LogP contribution in [0.3, 0.4) is 0 Å². The SMILES string of the molecule is COc1cc2c3c(c1)N(c1ccccc1)c1ccccc1B3c1cc3c(-c4ccccc4)cc4c5c(cc6c(-c7ccccc7)cc-2c1c6c35)B1c2ccccc2N(c2ccccc2)c2cc(OC)cc-4c21. The van der Waals surface area contributed by atoms with Crippen molar-refractivity contribution in [3.05, 3.63) is 218 Å². The highest BCUT2D eigenvalue weighted by Gasteiger charge is 2.46. The van der Waals surface area contributed by atoms with E-state index >= 15 is 0 Å². The molecule has 0 radical (unpaired) electrons. The standard InChI is InChI=1S/C66H42B2N2O2/c1-71-43-31-51-47-35-45(39-19-7-3-8-20-39)49-38-56-62-48(52-32-44(72-2)34-60-66(52)68(56)54-28-16-18-30-58(54)70(60)42-25-13-6-14-26-42)36-46(40-21-9-4-10-22-40)50-37-55(61(47)63(49)64(50)62)67-53-27-15-17-29-57(53)69(59(33-43)65(51)67)41-23-11-5-12-24-41/h3-38H,1-2H3. The number of nitrogens with zero attached hydrogens (tertiary/aromatic N) is 2. The maximum atomic E-state index is 6.30. The summed E-state index contributed by atoms with van der Waals surface area (Å²) in [6.45, 7) is -0.0904. The number of para-hydroxylation sites is 4. The zero-order valence-electron chi connectivity index (χ0n) is 39.7. The minimum absolute atomic E-state index is 0.0452. The van der Waals surface area contributed by atoms with Crippen LogP contribution in [0.25, 0.3) is 76.8 Å². The number of hydrogen-bond acceptors (Lipinski definition) is 4. The molecule has 12 aromatic rings. The fourth-order valence-electron chi connectivity index (χ4n) is 13.5. The maximum Gasteiger partial charge on any atom is 0.248 e. The highest BCUT2D eigenvalue weighted by Crippen LogP contribution is 2.53. The van der Waals surface area contributed by atoms with Crippen molar-refractivity contribution >= 4 is 113 Å². The van der Waals surface area contributed by atoms with E-state index in [0.29, 0.717) is 0 Å². The van der Waals surface area contributed by atoms with Gasteiger partial charge in [-0.1, -0.05) is 157 Å². The Hall–Kier alpha value is -8.99. The van der Waals surface area contributed by atoms with Gasteiger partial charge in [0.05, 0.1) is 14.2 Å². The summed E-state index contributed by atoms with van der Waals surface area (Å²) in [4.78, 5) is 4.90. The van der Waals surface area contributed by atoms with Crippen molar-refractivity contribution in [1.82, 2.24) is 0 Å². The molecule has 16 rings (SSSR count). The summed E-state index contributed by atoms with van der Waals surface area (Å²) >= 11 is 0. The molecule has 0 fully saturated rings. The first-order chi connectivity index (χ1) is 35.7. The van der Waals surface area contributed by atoms with Gasteiger partial charge >= 0.3 is 0 Å². The summed E-state index contributed by atoms with van der Waals surface area (Å²) < 4.78 is 12.6. The molecule has 4 aliphatic rings. The first kappa shape index (κ1) is 39.8. The third-order valence-corrected chi connectivity index (χ3v) is 16.3. The molecule has 0 atom stereocenters. The lowest BCUT2D eigenvalue weighted by atomic mass is 9.31. The quantitative estimate of drug-likeness (QED) is 0.123. The predicted octanol–water partition coefficient (Wildman–Crippen LogP) is 12.5. The van der Waals surface area contributed by atoms with Crippen LogP contribution >= 0.6 is 0 Å². The fourth-order valence-corrected chi connectivity index (χ4v) is 13.5. The highest BCUT2D eigenvalue weighted by molar-refractivity contribution is 7.02. The summed E-state index contributed by atoms with van der Waals surface area (Å²) in [6.07, 6.45) is 0. The van der Waals surface area contributed by atoms with Gasteiger partial charge in [0, 0.05) is 46.3 Å². The molecule has 6 heteroatoms. The Balaban J connectivity index is 1.12. The molecule has 0 spiro atoms. The zero-order valence-corrected chi connectivity index (χ0v) is 39.7. The topological polar surface area (TPSA) is 24.9 Å². The molecule has 4 heterocycles. The molecule has 0 aliphatic carbocycles. The van der Waals surface area contributed by atoms with E-state index in [1.165, 1.54) is 121 Å². The van der Waals surface area contributed by atoms with Crippen LogP contribution in [-0.4, -0.2) is 27.6 Å². The molecule has 4 nitrogen and oxygen atoms in total. The van der Waals surface area contributed by atoms with Crippen LogP contribution in [-0.2, 0) is 0 Å². The minimum Gasteiger partial charge on any atom is -0.497 e. The monoisotopic (exact) mass is 916 g/mol. The van der Waals surface area contributed by atoms with E-state index in [0.717, 1.165) is 34.2 Å². The molecule has 0 amide bonds. The molecule has 0 saturated heterocycles. The largest absolute Gasteiger partial charge is 0.497 e. The summed E-state index contributed by atoms with van der Waals surface area (Å²) in [5.41, 5.74) is 24.5. The Morgan fingerprint density at radius 3 is 1.08 bits per heavy atom. The van der Waals surface area contributed by atoms with Crippen LogP contribution in [0.4, 0.5) is 34.1 Å². The normalized spacial score (nSPS) is 13.3. The van der Waals surface area contributed by atoms with E-state index in [2.05, 4.69) is 228 Å². The van der Waals surface area contributed by atoms with Crippen molar-refractivity contribution in [1.29, 1.82) is 0 Å². The Morgan fingerprint density at radius 2 is 0.681 bits per heavy atom. The first-order valence-electron chi connectivity index (χ1n) is 25.0. The van der Waals surface area contributed by atoms with E-state index in [1.54, 1.807) is 14.2 Å². The number of anilines is 6. The van der Waals surface area contributed by atoms with Crippen molar-refractivity contribution < 1.29 is 9.47 Å². The zero-order chi connectivity index (χ0) is 47.3. The van der Waals surface area contributed by atoms with Crippen LogP contribution in [0, 0.1) is 0 Å². The average molecular weight is 917 g/mol. The summed E-state index contributed by atoms with van der Waals surface area (Å²) in [5.74, 6) is 1.68. The van der Waals surface area contributed by atoms with Crippen LogP contribution < -0.4 is 52.1 Å². The lowest BCUT2D eigenvalue weighted by Gasteiger charge is -2.42. The number of ether oxygens (including phenoxy) is 2. The average Bonchev–Trinajstić information content (AvgIpc) is 3.45. The van der Waals surface area contributed by atoms with Gasteiger partial charge < -0.3 is 19.3 Å². The Bertz CT molecular complexity index is 3980. The van der Waals surface area contributed by atoms with Crippen LogP contribution in [0.15, 0.2) is 218 Å². The van der Waals surface area contributed by atoms with Gasteiger partial charge in [0.1, 0.15) is 11.5 Å². The molecule has 72 heavy (non-hydrogen) atoms. The number of fused-ring (bicyclic) bond motifs is 8.